The Morgan fingerprint density at radius 1 is 0.630 bits per heavy atom. The molecule has 0 saturated heterocycles. The first-order chi connectivity index (χ1) is 13.1. The van der Waals surface area contributed by atoms with Crippen molar-refractivity contribution in [2.75, 3.05) is 0 Å². The summed E-state index contributed by atoms with van der Waals surface area (Å²) in [5, 5.41) is 0. The molecule has 0 heterocycles. The Morgan fingerprint density at radius 3 is 1.41 bits per heavy atom. The highest BCUT2D eigenvalue weighted by molar-refractivity contribution is 5.26. The molecule has 2 N–H and O–H groups in total. The molecule has 1 unspecified atom stereocenters. The van der Waals surface area contributed by atoms with Gasteiger partial charge in [-0.25, -0.2) is 0 Å². The first-order valence-electron chi connectivity index (χ1n) is 11.9. The minimum Gasteiger partial charge on any atom is -0.322 e. The van der Waals surface area contributed by atoms with Crippen molar-refractivity contribution in [3.63, 3.8) is 0 Å². The van der Waals surface area contributed by atoms with Crippen LogP contribution in [-0.2, 0) is 5.54 Å². The molecule has 0 bridgehead atoms. The predicted molar refractivity (Wildman–Crippen MR) is 122 cm³/mol. The normalized spacial score (nSPS) is 13.6. The van der Waals surface area contributed by atoms with E-state index >= 15 is 0 Å². The van der Waals surface area contributed by atoms with E-state index in [0.29, 0.717) is 0 Å². The molecule has 27 heavy (non-hydrogen) atoms. The van der Waals surface area contributed by atoms with Gasteiger partial charge in [0.15, 0.2) is 0 Å². The van der Waals surface area contributed by atoms with Gasteiger partial charge in [0.1, 0.15) is 0 Å². The van der Waals surface area contributed by atoms with E-state index in [0.717, 1.165) is 6.42 Å². The predicted octanol–water partition coefficient (Wildman–Crippen LogP) is 8.43. The molecule has 0 aliphatic rings. The maximum Gasteiger partial charge on any atom is 0.0381 e. The molecule has 1 rings (SSSR count). The lowest BCUT2D eigenvalue weighted by molar-refractivity contribution is 0.420. The molecule has 0 saturated carbocycles. The van der Waals surface area contributed by atoms with Gasteiger partial charge in [-0.1, -0.05) is 133 Å². The van der Waals surface area contributed by atoms with Crippen LogP contribution in [0.25, 0.3) is 0 Å². The second-order valence-electron chi connectivity index (χ2n) is 8.98. The number of hydrogen-bond acceptors (Lipinski definition) is 1. The van der Waals surface area contributed by atoms with E-state index in [1.54, 1.807) is 0 Å². The molecule has 1 aromatic carbocycles. The third-order valence-electron chi connectivity index (χ3n) is 6.01. The molecule has 156 valence electrons. The first kappa shape index (κ1) is 24.2. The van der Waals surface area contributed by atoms with E-state index in [-0.39, 0.29) is 5.54 Å². The van der Waals surface area contributed by atoms with Crippen LogP contribution in [0.4, 0.5) is 0 Å². The molecule has 1 heteroatoms. The number of benzene rings is 1. The minimum absolute atomic E-state index is 0.176. The Morgan fingerprint density at radius 2 is 1.00 bits per heavy atom. The molecule has 1 nitrogen and oxygen atoms in total. The second-order valence-corrected chi connectivity index (χ2v) is 8.98. The molecular weight excluding hydrogens is 326 g/mol. The number of nitrogens with two attached hydrogens (primary N) is 1. The average molecular weight is 374 g/mol. The summed E-state index contributed by atoms with van der Waals surface area (Å²) in [6.07, 6.45) is 22.3. The Balaban J connectivity index is 1.89. The van der Waals surface area contributed by atoms with Gasteiger partial charge in [-0.2, -0.15) is 0 Å². The van der Waals surface area contributed by atoms with Crippen LogP contribution in [0.15, 0.2) is 24.3 Å². The Labute approximate surface area is 170 Å². The quantitative estimate of drug-likeness (QED) is 0.272. The maximum atomic E-state index is 6.54. The van der Waals surface area contributed by atoms with E-state index in [4.69, 9.17) is 5.73 Å². The summed E-state index contributed by atoms with van der Waals surface area (Å²) in [5.74, 6) is 0. The molecule has 0 amide bonds. The van der Waals surface area contributed by atoms with Crippen molar-refractivity contribution in [3.8, 4) is 0 Å². The van der Waals surface area contributed by atoms with Crippen LogP contribution in [0.1, 0.15) is 128 Å². The van der Waals surface area contributed by atoms with E-state index in [1.165, 1.54) is 107 Å². The van der Waals surface area contributed by atoms with Gasteiger partial charge < -0.3 is 5.73 Å². The third kappa shape index (κ3) is 12.3. The molecule has 0 radical (unpaired) electrons. The fraction of sp³-hybridized carbons (Fsp3) is 0.769. The zero-order chi connectivity index (χ0) is 19.8. The highest BCUT2D eigenvalue weighted by Crippen LogP contribution is 2.25. The van der Waals surface area contributed by atoms with Crippen molar-refractivity contribution >= 4 is 0 Å². The van der Waals surface area contributed by atoms with Crippen LogP contribution in [-0.4, -0.2) is 0 Å². The Bertz CT molecular complexity index is 446. The van der Waals surface area contributed by atoms with Crippen molar-refractivity contribution in [3.05, 3.63) is 35.4 Å². The van der Waals surface area contributed by atoms with Crippen molar-refractivity contribution in [2.24, 2.45) is 5.73 Å². The number of aryl methyl sites for hydroxylation is 1. The number of hydrogen-bond donors (Lipinski definition) is 1. The molecule has 0 aliphatic carbocycles. The summed E-state index contributed by atoms with van der Waals surface area (Å²) in [7, 11) is 0. The number of unbranched alkanes of at least 4 members (excludes halogenated alkanes) is 14. The van der Waals surface area contributed by atoms with Gasteiger partial charge in [-0.3, -0.25) is 0 Å². The SMILES string of the molecule is CCCCCCCCCCCCCCCCCC(C)(N)c1ccc(C)cc1. The summed E-state index contributed by atoms with van der Waals surface area (Å²) in [5.41, 5.74) is 8.95. The van der Waals surface area contributed by atoms with E-state index in [1.807, 2.05) is 0 Å². The molecule has 1 atom stereocenters. The fourth-order valence-corrected chi connectivity index (χ4v) is 3.94. The lowest BCUT2D eigenvalue weighted by Crippen LogP contribution is -2.32. The lowest BCUT2D eigenvalue weighted by atomic mass is 9.87. The van der Waals surface area contributed by atoms with Gasteiger partial charge in [0, 0.05) is 5.54 Å². The molecule has 0 fully saturated rings. The zero-order valence-electron chi connectivity index (χ0n) is 18.7. The van der Waals surface area contributed by atoms with Crippen LogP contribution in [0, 0.1) is 6.92 Å². The minimum atomic E-state index is -0.176. The fourth-order valence-electron chi connectivity index (χ4n) is 3.94. The van der Waals surface area contributed by atoms with Gasteiger partial charge in [0.2, 0.25) is 0 Å². The van der Waals surface area contributed by atoms with Crippen molar-refractivity contribution in [1.29, 1.82) is 0 Å². The summed E-state index contributed by atoms with van der Waals surface area (Å²) < 4.78 is 0. The molecule has 0 spiro atoms. The number of rotatable bonds is 17. The lowest BCUT2D eigenvalue weighted by Gasteiger charge is -2.25. The monoisotopic (exact) mass is 373 g/mol. The summed E-state index contributed by atoms with van der Waals surface area (Å²) in [4.78, 5) is 0. The Hall–Kier alpha value is -0.820. The van der Waals surface area contributed by atoms with E-state index in [9.17, 15) is 0 Å². The van der Waals surface area contributed by atoms with Crippen LogP contribution in [0.2, 0.25) is 0 Å². The topological polar surface area (TPSA) is 26.0 Å². The van der Waals surface area contributed by atoms with Gasteiger partial charge in [-0.15, -0.1) is 0 Å². The standard InChI is InChI=1S/C26H47N/c1-4-5-6-7-8-9-10-11-12-13-14-15-16-17-18-23-26(3,27)25-21-19-24(2)20-22-25/h19-22H,4-18,23,27H2,1-3H3. The molecule has 0 aliphatic heterocycles. The maximum absolute atomic E-state index is 6.54. The summed E-state index contributed by atoms with van der Waals surface area (Å²) in [6, 6.07) is 8.74. The van der Waals surface area contributed by atoms with Crippen LogP contribution in [0.5, 0.6) is 0 Å². The van der Waals surface area contributed by atoms with Gasteiger partial charge in [0.25, 0.3) is 0 Å². The van der Waals surface area contributed by atoms with Crippen LogP contribution in [0.3, 0.4) is 0 Å². The average Bonchev–Trinajstić information content (AvgIpc) is 2.65. The highest BCUT2D eigenvalue weighted by atomic mass is 14.7. The van der Waals surface area contributed by atoms with Crippen molar-refractivity contribution in [1.82, 2.24) is 0 Å². The third-order valence-corrected chi connectivity index (χ3v) is 6.01. The molecule has 1 aromatic rings. The van der Waals surface area contributed by atoms with Gasteiger partial charge in [-0.05, 0) is 25.8 Å². The Kier molecular flexibility index (Phi) is 13.6. The van der Waals surface area contributed by atoms with Gasteiger partial charge >= 0.3 is 0 Å². The zero-order valence-corrected chi connectivity index (χ0v) is 18.7. The highest BCUT2D eigenvalue weighted by Gasteiger charge is 2.19. The second kappa shape index (κ2) is 15.1. The smallest absolute Gasteiger partial charge is 0.0381 e. The van der Waals surface area contributed by atoms with Crippen LogP contribution < -0.4 is 5.73 Å². The van der Waals surface area contributed by atoms with E-state index in [2.05, 4.69) is 45.0 Å². The first-order valence-corrected chi connectivity index (χ1v) is 11.9. The van der Waals surface area contributed by atoms with Crippen molar-refractivity contribution in [2.45, 2.75) is 129 Å². The molecule has 0 aromatic heterocycles. The van der Waals surface area contributed by atoms with Crippen molar-refractivity contribution < 1.29 is 0 Å². The van der Waals surface area contributed by atoms with Crippen LogP contribution >= 0.6 is 0 Å². The largest absolute Gasteiger partial charge is 0.322 e. The van der Waals surface area contributed by atoms with Gasteiger partial charge in [0.05, 0.1) is 0 Å². The van der Waals surface area contributed by atoms with E-state index < -0.39 is 0 Å². The summed E-state index contributed by atoms with van der Waals surface area (Å²) >= 11 is 0. The summed E-state index contributed by atoms with van der Waals surface area (Å²) in [6.45, 7) is 6.61. The molecular formula is C26H47N.